The fraction of sp³-hybridized carbons (Fsp3) is 0. The van der Waals surface area contributed by atoms with Crippen LogP contribution >= 0.6 is 34.5 Å². The largest absolute Gasteiger partial charge is 0.313 e. The second kappa shape index (κ2) is 7.87. The van der Waals surface area contributed by atoms with Crippen molar-refractivity contribution in [3.8, 4) is 0 Å². The molecule has 0 spiro atoms. The van der Waals surface area contributed by atoms with Crippen LogP contribution in [0.25, 0.3) is 12.2 Å². The number of thiazole rings is 1. The molecule has 1 N–H and O–H groups in total. The van der Waals surface area contributed by atoms with Gasteiger partial charge in [0.15, 0.2) is 5.78 Å². The van der Waals surface area contributed by atoms with Gasteiger partial charge in [0.2, 0.25) is 0 Å². The van der Waals surface area contributed by atoms with Crippen molar-refractivity contribution in [3.63, 3.8) is 0 Å². The van der Waals surface area contributed by atoms with E-state index in [1.165, 1.54) is 30.4 Å². The standard InChI is InChI=1S/C18H10Cl2N2O4S/c19-12-3-1-10(2-4-12)15(23)9-17-21-18(24)16(27-17)8-11-7-13(22(25)26)5-6-14(11)20/h1-9H,(H,21,24). The zero-order chi connectivity index (χ0) is 19.6. The van der Waals surface area contributed by atoms with Crippen LogP contribution in [0.5, 0.6) is 0 Å². The SMILES string of the molecule is O=C(C=c1[nH]c(=O)c(=Cc2cc([N+](=O)[O-])ccc2Cl)s1)c1ccc(Cl)cc1. The van der Waals surface area contributed by atoms with Crippen molar-refractivity contribution in [2.45, 2.75) is 0 Å². The topological polar surface area (TPSA) is 93.1 Å². The van der Waals surface area contributed by atoms with Crippen LogP contribution in [-0.2, 0) is 0 Å². The van der Waals surface area contributed by atoms with Gasteiger partial charge in [-0.25, -0.2) is 0 Å². The summed E-state index contributed by atoms with van der Waals surface area (Å²) in [4.78, 5) is 37.3. The smallest absolute Gasteiger partial charge is 0.270 e. The number of nitro benzene ring substituents is 1. The van der Waals surface area contributed by atoms with Gasteiger partial charge in [-0.3, -0.25) is 19.7 Å². The molecule has 3 rings (SSSR count). The molecule has 136 valence electrons. The number of hydrogen-bond acceptors (Lipinski definition) is 5. The normalized spacial score (nSPS) is 12.4. The summed E-state index contributed by atoms with van der Waals surface area (Å²) in [5.74, 6) is -0.288. The summed E-state index contributed by atoms with van der Waals surface area (Å²) >= 11 is 12.9. The molecule has 0 bridgehead atoms. The van der Waals surface area contributed by atoms with E-state index >= 15 is 0 Å². The molecule has 0 aliphatic carbocycles. The third kappa shape index (κ3) is 4.51. The lowest BCUT2D eigenvalue weighted by Crippen LogP contribution is -2.20. The third-order valence-corrected chi connectivity index (χ3v) is 5.11. The summed E-state index contributed by atoms with van der Waals surface area (Å²) in [7, 11) is 0. The van der Waals surface area contributed by atoms with Crippen LogP contribution in [0.15, 0.2) is 47.3 Å². The van der Waals surface area contributed by atoms with Crippen molar-refractivity contribution in [2.24, 2.45) is 0 Å². The lowest BCUT2D eigenvalue weighted by molar-refractivity contribution is -0.384. The summed E-state index contributed by atoms with van der Waals surface area (Å²) in [5, 5.41) is 11.7. The molecule has 0 unspecified atom stereocenters. The van der Waals surface area contributed by atoms with Gasteiger partial charge in [-0.05, 0) is 36.4 Å². The number of non-ortho nitro benzene ring substituents is 1. The lowest BCUT2D eigenvalue weighted by atomic mass is 10.1. The second-order valence-corrected chi connectivity index (χ2v) is 7.33. The predicted molar refractivity (Wildman–Crippen MR) is 106 cm³/mol. The minimum Gasteiger partial charge on any atom is -0.313 e. The number of nitrogens with one attached hydrogen (secondary N) is 1. The number of aromatic amines is 1. The van der Waals surface area contributed by atoms with E-state index in [9.17, 15) is 19.7 Å². The van der Waals surface area contributed by atoms with Gasteiger partial charge in [0.05, 0.1) is 14.1 Å². The Labute approximate surface area is 166 Å². The highest BCUT2D eigenvalue weighted by Crippen LogP contribution is 2.22. The molecule has 0 saturated carbocycles. The maximum absolute atomic E-state index is 12.3. The fourth-order valence-corrected chi connectivity index (χ4v) is 3.41. The molecule has 27 heavy (non-hydrogen) atoms. The second-order valence-electron chi connectivity index (χ2n) is 5.41. The highest BCUT2D eigenvalue weighted by molar-refractivity contribution is 7.07. The zero-order valence-corrected chi connectivity index (χ0v) is 15.8. The van der Waals surface area contributed by atoms with Gasteiger partial charge >= 0.3 is 0 Å². The van der Waals surface area contributed by atoms with Crippen molar-refractivity contribution >= 4 is 58.2 Å². The number of rotatable bonds is 4. The van der Waals surface area contributed by atoms with Gasteiger partial charge in [0.1, 0.15) is 0 Å². The monoisotopic (exact) mass is 420 g/mol. The number of carbonyl (C=O) groups excluding carboxylic acids is 1. The van der Waals surface area contributed by atoms with Crippen molar-refractivity contribution in [3.05, 3.63) is 93.3 Å². The van der Waals surface area contributed by atoms with E-state index < -0.39 is 10.5 Å². The first kappa shape index (κ1) is 19.0. The molecule has 1 heterocycles. The average Bonchev–Trinajstić information content (AvgIpc) is 2.96. The molecule has 2 aromatic carbocycles. The Hall–Kier alpha value is -2.74. The van der Waals surface area contributed by atoms with Crippen molar-refractivity contribution in [1.82, 2.24) is 4.98 Å². The van der Waals surface area contributed by atoms with Crippen LogP contribution in [0.3, 0.4) is 0 Å². The van der Waals surface area contributed by atoms with Crippen molar-refractivity contribution < 1.29 is 9.72 Å². The minimum absolute atomic E-state index is 0.136. The molecule has 0 atom stereocenters. The molecule has 0 aliphatic heterocycles. The maximum Gasteiger partial charge on any atom is 0.270 e. The van der Waals surface area contributed by atoms with Gasteiger partial charge in [-0.2, -0.15) is 0 Å². The van der Waals surface area contributed by atoms with Crippen molar-refractivity contribution in [1.29, 1.82) is 0 Å². The number of carbonyl (C=O) groups is 1. The molecule has 3 aromatic rings. The Kier molecular flexibility index (Phi) is 5.55. The molecular formula is C18H10Cl2N2O4S. The number of H-pyrrole nitrogens is 1. The van der Waals surface area contributed by atoms with E-state index in [0.717, 1.165) is 11.3 Å². The van der Waals surface area contributed by atoms with Crippen LogP contribution in [-0.4, -0.2) is 15.7 Å². The first-order valence-corrected chi connectivity index (χ1v) is 9.07. The molecule has 0 saturated heterocycles. The number of Topliss-reactive ketones (excluding diaryl/α,β-unsaturated/α-hetero) is 1. The van der Waals surface area contributed by atoms with Crippen LogP contribution in [0.1, 0.15) is 15.9 Å². The summed E-state index contributed by atoms with van der Waals surface area (Å²) < 4.78 is 0.625. The van der Waals surface area contributed by atoms with E-state index in [1.807, 2.05) is 0 Å². The lowest BCUT2D eigenvalue weighted by Gasteiger charge is -1.97. The molecule has 0 aliphatic rings. The Morgan fingerprint density at radius 3 is 2.52 bits per heavy atom. The van der Waals surface area contributed by atoms with E-state index in [1.54, 1.807) is 24.3 Å². The number of benzene rings is 2. The number of hydrogen-bond donors (Lipinski definition) is 1. The molecule has 6 nitrogen and oxygen atoms in total. The third-order valence-electron chi connectivity index (χ3n) is 3.55. The van der Waals surface area contributed by atoms with Gasteiger partial charge in [-0.1, -0.05) is 23.2 Å². The highest BCUT2D eigenvalue weighted by atomic mass is 35.5. The van der Waals surface area contributed by atoms with Crippen molar-refractivity contribution in [2.75, 3.05) is 0 Å². The Morgan fingerprint density at radius 2 is 1.85 bits per heavy atom. The van der Waals surface area contributed by atoms with Gasteiger partial charge in [0, 0.05) is 39.4 Å². The maximum atomic E-state index is 12.3. The zero-order valence-electron chi connectivity index (χ0n) is 13.4. The Balaban J connectivity index is 2.02. The Bertz CT molecular complexity index is 1210. The van der Waals surface area contributed by atoms with E-state index in [4.69, 9.17) is 23.2 Å². The van der Waals surface area contributed by atoms with Crippen LogP contribution in [0.4, 0.5) is 5.69 Å². The molecule has 0 radical (unpaired) electrons. The van der Waals surface area contributed by atoms with Crippen LogP contribution in [0.2, 0.25) is 10.0 Å². The van der Waals surface area contributed by atoms with Gasteiger partial charge in [0.25, 0.3) is 11.2 Å². The Morgan fingerprint density at radius 1 is 1.15 bits per heavy atom. The summed E-state index contributed by atoms with van der Waals surface area (Å²) in [5.41, 5.74) is 0.218. The predicted octanol–water partition coefficient (Wildman–Crippen LogP) is 3.14. The first-order valence-electron chi connectivity index (χ1n) is 7.50. The molecule has 0 fully saturated rings. The average molecular weight is 421 g/mol. The number of aromatic nitrogens is 1. The van der Waals surface area contributed by atoms with Crippen LogP contribution < -0.4 is 14.8 Å². The molecule has 0 amide bonds. The van der Waals surface area contributed by atoms with E-state index in [-0.39, 0.29) is 21.0 Å². The van der Waals surface area contributed by atoms with Gasteiger partial charge < -0.3 is 4.98 Å². The summed E-state index contributed by atoms with van der Waals surface area (Å²) in [6.45, 7) is 0. The quantitative estimate of drug-likeness (QED) is 0.398. The summed E-state index contributed by atoms with van der Waals surface area (Å²) in [6.07, 6.45) is 2.75. The molecule has 9 heteroatoms. The number of nitrogens with zero attached hydrogens (tertiary/aromatic N) is 1. The first-order chi connectivity index (χ1) is 12.8. The fourth-order valence-electron chi connectivity index (χ4n) is 2.24. The molecule has 1 aromatic heterocycles. The van der Waals surface area contributed by atoms with Gasteiger partial charge in [-0.15, -0.1) is 11.3 Å². The van der Waals surface area contributed by atoms with Crippen LogP contribution in [0, 0.1) is 10.1 Å². The highest BCUT2D eigenvalue weighted by Gasteiger charge is 2.09. The summed E-state index contributed by atoms with van der Waals surface area (Å²) in [6, 6.07) is 10.3. The number of ketones is 1. The number of halogens is 2. The van der Waals surface area contributed by atoms with E-state index in [0.29, 0.717) is 20.8 Å². The minimum atomic E-state index is -0.545. The molecular weight excluding hydrogens is 411 g/mol. The number of nitro groups is 1. The van der Waals surface area contributed by atoms with E-state index in [2.05, 4.69) is 4.98 Å².